The molecule has 0 aromatic heterocycles. The first kappa shape index (κ1) is 15.7. The van der Waals surface area contributed by atoms with Crippen molar-refractivity contribution in [3.05, 3.63) is 28.2 Å². The average molecular weight is 350 g/mol. The van der Waals surface area contributed by atoms with Crippen LogP contribution in [0.1, 0.15) is 45.1 Å². The molecular formula is C15H19BrF3N. The van der Waals surface area contributed by atoms with Crippen LogP contribution < -0.4 is 5.32 Å². The lowest BCUT2D eigenvalue weighted by atomic mass is 9.73. The second-order valence-electron chi connectivity index (χ2n) is 6.12. The van der Waals surface area contributed by atoms with Crippen molar-refractivity contribution in [1.82, 2.24) is 0 Å². The lowest BCUT2D eigenvalue weighted by Crippen LogP contribution is -2.39. The molecule has 1 aromatic carbocycles. The summed E-state index contributed by atoms with van der Waals surface area (Å²) >= 11 is 3.24. The van der Waals surface area contributed by atoms with E-state index in [0.717, 1.165) is 30.7 Å². The van der Waals surface area contributed by atoms with Crippen molar-refractivity contribution in [3.63, 3.8) is 0 Å². The van der Waals surface area contributed by atoms with Crippen LogP contribution in [0.25, 0.3) is 0 Å². The summed E-state index contributed by atoms with van der Waals surface area (Å²) in [6.07, 6.45) is 0.285. The summed E-state index contributed by atoms with van der Waals surface area (Å²) < 4.78 is 38.4. The first-order chi connectivity index (χ1) is 9.20. The summed E-state index contributed by atoms with van der Waals surface area (Å²) in [6.45, 7) is 4.42. The van der Waals surface area contributed by atoms with Gasteiger partial charge in [0, 0.05) is 16.2 Å². The summed E-state index contributed by atoms with van der Waals surface area (Å²) in [6, 6.07) is 4.07. The van der Waals surface area contributed by atoms with Gasteiger partial charge in [0.25, 0.3) is 0 Å². The number of alkyl halides is 3. The fraction of sp³-hybridized carbons (Fsp3) is 0.600. The van der Waals surface area contributed by atoms with E-state index in [-0.39, 0.29) is 5.41 Å². The van der Waals surface area contributed by atoms with Crippen LogP contribution in [-0.2, 0) is 6.18 Å². The van der Waals surface area contributed by atoms with Crippen molar-refractivity contribution in [3.8, 4) is 0 Å². The zero-order valence-corrected chi connectivity index (χ0v) is 13.2. The van der Waals surface area contributed by atoms with Crippen molar-refractivity contribution in [2.45, 2.75) is 51.7 Å². The third-order valence-corrected chi connectivity index (χ3v) is 4.79. The van der Waals surface area contributed by atoms with Crippen LogP contribution in [0.2, 0.25) is 0 Å². The summed E-state index contributed by atoms with van der Waals surface area (Å²) in [5.74, 6) is 0. The van der Waals surface area contributed by atoms with Crippen LogP contribution in [0.15, 0.2) is 22.7 Å². The Morgan fingerprint density at radius 3 is 2.50 bits per heavy atom. The van der Waals surface area contributed by atoms with Gasteiger partial charge in [0.05, 0.1) is 5.56 Å². The predicted molar refractivity (Wildman–Crippen MR) is 78.8 cm³/mol. The summed E-state index contributed by atoms with van der Waals surface area (Å²) in [7, 11) is 0. The zero-order valence-electron chi connectivity index (χ0n) is 11.6. The maximum atomic E-state index is 12.6. The second-order valence-corrected chi connectivity index (χ2v) is 6.98. The van der Waals surface area contributed by atoms with Gasteiger partial charge in [-0.2, -0.15) is 13.2 Å². The quantitative estimate of drug-likeness (QED) is 0.706. The molecule has 0 spiro atoms. The molecule has 1 N–H and O–H groups in total. The van der Waals surface area contributed by atoms with Gasteiger partial charge in [-0.1, -0.05) is 26.7 Å². The Labute approximate surface area is 126 Å². The highest BCUT2D eigenvalue weighted by atomic mass is 79.9. The average Bonchev–Trinajstić information content (AvgIpc) is 2.32. The van der Waals surface area contributed by atoms with Gasteiger partial charge >= 0.3 is 6.18 Å². The fourth-order valence-corrected chi connectivity index (χ4v) is 3.25. The molecule has 1 aliphatic carbocycles. The van der Waals surface area contributed by atoms with Crippen LogP contribution in [0.4, 0.5) is 18.9 Å². The lowest BCUT2D eigenvalue weighted by Gasteiger charge is -2.39. The largest absolute Gasteiger partial charge is 0.416 e. The van der Waals surface area contributed by atoms with Crippen LogP contribution in [-0.4, -0.2) is 6.04 Å². The molecule has 1 aliphatic rings. The minimum absolute atomic E-state index is 0.167. The molecule has 1 nitrogen and oxygen atoms in total. The number of hydrogen-bond acceptors (Lipinski definition) is 1. The van der Waals surface area contributed by atoms with Crippen LogP contribution in [0, 0.1) is 5.41 Å². The minimum Gasteiger partial charge on any atom is -0.381 e. The molecule has 1 atom stereocenters. The van der Waals surface area contributed by atoms with E-state index in [1.54, 1.807) is 0 Å². The van der Waals surface area contributed by atoms with Gasteiger partial charge < -0.3 is 5.32 Å². The monoisotopic (exact) mass is 349 g/mol. The number of hydrogen-bond donors (Lipinski definition) is 1. The first-order valence-electron chi connectivity index (χ1n) is 6.83. The Balaban J connectivity index is 2.18. The molecule has 20 heavy (non-hydrogen) atoms. The molecular weight excluding hydrogens is 331 g/mol. The molecule has 1 fully saturated rings. The fourth-order valence-electron chi connectivity index (χ4n) is 2.76. The zero-order chi connectivity index (χ0) is 15.0. The Morgan fingerprint density at radius 1 is 1.25 bits per heavy atom. The van der Waals surface area contributed by atoms with Gasteiger partial charge in [-0.05, 0) is 52.4 Å². The highest BCUT2D eigenvalue weighted by Gasteiger charge is 2.33. The Morgan fingerprint density at radius 2 is 1.95 bits per heavy atom. The highest BCUT2D eigenvalue weighted by Crippen LogP contribution is 2.39. The van der Waals surface area contributed by atoms with E-state index in [4.69, 9.17) is 0 Å². The summed E-state index contributed by atoms with van der Waals surface area (Å²) in [5.41, 5.74) is 0.274. The number of nitrogens with one attached hydrogen (secondary N) is 1. The number of anilines is 1. The van der Waals surface area contributed by atoms with Gasteiger partial charge in [0.15, 0.2) is 0 Å². The maximum absolute atomic E-state index is 12.6. The Hall–Kier alpha value is -0.710. The van der Waals surface area contributed by atoms with E-state index < -0.39 is 11.7 Å². The standard InChI is InChI=1S/C15H19BrF3N/c1-14(2)8-4-3-5-13(14)20-12-7-6-10(9-11(12)16)15(17,18)19/h6-7,9,13,20H,3-5,8H2,1-2H3. The number of rotatable bonds is 2. The summed E-state index contributed by atoms with van der Waals surface area (Å²) in [4.78, 5) is 0. The van der Waals surface area contributed by atoms with E-state index in [1.807, 2.05) is 0 Å². The SMILES string of the molecule is CC1(C)CCCCC1Nc1ccc(C(F)(F)F)cc1Br. The minimum atomic E-state index is -4.30. The molecule has 0 amide bonds. The molecule has 5 heteroatoms. The van der Waals surface area contributed by atoms with Crippen molar-refractivity contribution in [2.75, 3.05) is 5.32 Å². The predicted octanol–water partition coefficient (Wildman–Crippen LogP) is 5.85. The third-order valence-electron chi connectivity index (χ3n) is 4.13. The molecule has 1 aromatic rings. The van der Waals surface area contributed by atoms with Gasteiger partial charge in [-0.25, -0.2) is 0 Å². The summed E-state index contributed by atoms with van der Waals surface area (Å²) in [5, 5.41) is 3.40. The number of benzene rings is 1. The normalized spacial score (nSPS) is 22.6. The van der Waals surface area contributed by atoms with Gasteiger partial charge in [0.1, 0.15) is 0 Å². The van der Waals surface area contributed by atoms with Crippen molar-refractivity contribution in [1.29, 1.82) is 0 Å². The molecule has 0 aliphatic heterocycles. The van der Waals surface area contributed by atoms with Crippen molar-refractivity contribution >= 4 is 21.6 Å². The van der Waals surface area contributed by atoms with Crippen LogP contribution in [0.3, 0.4) is 0 Å². The maximum Gasteiger partial charge on any atom is 0.416 e. The molecule has 1 unspecified atom stereocenters. The first-order valence-corrected chi connectivity index (χ1v) is 7.63. The molecule has 2 rings (SSSR count). The Bertz CT molecular complexity index is 482. The smallest absolute Gasteiger partial charge is 0.381 e. The number of halogens is 4. The van der Waals surface area contributed by atoms with Crippen molar-refractivity contribution in [2.24, 2.45) is 5.41 Å². The molecule has 0 saturated heterocycles. The molecule has 0 bridgehead atoms. The lowest BCUT2D eigenvalue weighted by molar-refractivity contribution is -0.137. The Kier molecular flexibility index (Phi) is 4.38. The van der Waals surface area contributed by atoms with E-state index in [0.29, 0.717) is 10.5 Å². The molecule has 112 valence electrons. The van der Waals surface area contributed by atoms with E-state index in [2.05, 4.69) is 35.1 Å². The van der Waals surface area contributed by atoms with Crippen LogP contribution >= 0.6 is 15.9 Å². The van der Waals surface area contributed by atoms with E-state index in [1.165, 1.54) is 18.9 Å². The van der Waals surface area contributed by atoms with Gasteiger partial charge in [0.2, 0.25) is 0 Å². The second kappa shape index (κ2) is 5.58. The van der Waals surface area contributed by atoms with Gasteiger partial charge in [-0.15, -0.1) is 0 Å². The molecule has 0 radical (unpaired) electrons. The van der Waals surface area contributed by atoms with E-state index >= 15 is 0 Å². The van der Waals surface area contributed by atoms with Crippen molar-refractivity contribution < 1.29 is 13.2 Å². The molecule has 0 heterocycles. The van der Waals surface area contributed by atoms with E-state index in [9.17, 15) is 13.2 Å². The topological polar surface area (TPSA) is 12.0 Å². The van der Waals surface area contributed by atoms with Gasteiger partial charge in [-0.3, -0.25) is 0 Å². The van der Waals surface area contributed by atoms with Crippen LogP contribution in [0.5, 0.6) is 0 Å². The molecule has 1 saturated carbocycles. The highest BCUT2D eigenvalue weighted by molar-refractivity contribution is 9.10. The third kappa shape index (κ3) is 3.48.